The third-order valence-corrected chi connectivity index (χ3v) is 4.15. The highest BCUT2D eigenvalue weighted by Gasteiger charge is 2.36. The summed E-state index contributed by atoms with van der Waals surface area (Å²) in [5.41, 5.74) is 1.84. The van der Waals surface area contributed by atoms with E-state index < -0.39 is 0 Å². The van der Waals surface area contributed by atoms with E-state index in [4.69, 9.17) is 4.42 Å². The van der Waals surface area contributed by atoms with Crippen molar-refractivity contribution in [2.75, 3.05) is 24.5 Å². The molecule has 0 amide bonds. The first-order chi connectivity index (χ1) is 8.90. The van der Waals surface area contributed by atoms with Gasteiger partial charge in [0.05, 0.1) is 0 Å². The number of oxazole rings is 1. The quantitative estimate of drug-likeness (QED) is 0.832. The molecule has 3 heterocycles. The van der Waals surface area contributed by atoms with E-state index in [1.165, 1.54) is 12.8 Å². The van der Waals surface area contributed by atoms with Crippen molar-refractivity contribution in [1.29, 1.82) is 0 Å². The monoisotopic (exact) mass is 243 g/mol. The number of anilines is 1. The summed E-state index contributed by atoms with van der Waals surface area (Å²) in [7, 11) is 0. The van der Waals surface area contributed by atoms with Gasteiger partial charge in [0, 0.05) is 19.1 Å². The molecule has 18 heavy (non-hydrogen) atoms. The van der Waals surface area contributed by atoms with E-state index in [0.717, 1.165) is 42.7 Å². The first kappa shape index (κ1) is 10.4. The summed E-state index contributed by atoms with van der Waals surface area (Å²) in [6, 6.07) is 9.38. The molecule has 1 N–H and O–H groups in total. The van der Waals surface area contributed by atoms with Crippen LogP contribution in [0.25, 0.3) is 11.1 Å². The summed E-state index contributed by atoms with van der Waals surface area (Å²) in [5.74, 6) is 0.758. The molecule has 0 radical (unpaired) electrons. The van der Waals surface area contributed by atoms with Gasteiger partial charge in [-0.3, -0.25) is 0 Å². The molecule has 2 aliphatic rings. The van der Waals surface area contributed by atoms with Gasteiger partial charge < -0.3 is 14.6 Å². The Morgan fingerprint density at radius 1 is 1.28 bits per heavy atom. The van der Waals surface area contributed by atoms with Crippen molar-refractivity contribution in [2.24, 2.45) is 5.92 Å². The highest BCUT2D eigenvalue weighted by Crippen LogP contribution is 2.30. The average Bonchev–Trinajstić information content (AvgIpc) is 3.02. The van der Waals surface area contributed by atoms with Crippen molar-refractivity contribution >= 4 is 17.1 Å². The summed E-state index contributed by atoms with van der Waals surface area (Å²) < 4.78 is 5.85. The van der Waals surface area contributed by atoms with Crippen LogP contribution in [-0.4, -0.2) is 30.7 Å². The number of piperidine rings is 1. The van der Waals surface area contributed by atoms with Crippen LogP contribution >= 0.6 is 0 Å². The zero-order valence-corrected chi connectivity index (χ0v) is 10.3. The van der Waals surface area contributed by atoms with E-state index in [1.807, 2.05) is 24.3 Å². The summed E-state index contributed by atoms with van der Waals surface area (Å²) in [5, 5.41) is 3.60. The van der Waals surface area contributed by atoms with E-state index in [0.29, 0.717) is 6.04 Å². The molecule has 4 nitrogen and oxygen atoms in total. The fourth-order valence-corrected chi connectivity index (χ4v) is 3.20. The standard InChI is InChI=1S/C14H17N3O/c1-2-6-13-11(5-1)16-14(18-13)17-8-10-4-3-7-15-12(10)9-17/h1-2,5-6,10,12,15H,3-4,7-9H2/t10-,12+/m0/s1. The Hall–Kier alpha value is -1.55. The number of benzene rings is 1. The molecule has 0 bridgehead atoms. The third kappa shape index (κ3) is 1.60. The fourth-order valence-electron chi connectivity index (χ4n) is 3.20. The van der Waals surface area contributed by atoms with Crippen molar-refractivity contribution in [2.45, 2.75) is 18.9 Å². The minimum absolute atomic E-state index is 0.619. The van der Waals surface area contributed by atoms with Gasteiger partial charge >= 0.3 is 0 Å². The highest BCUT2D eigenvalue weighted by atomic mass is 16.4. The van der Waals surface area contributed by atoms with Gasteiger partial charge in [-0.2, -0.15) is 4.98 Å². The van der Waals surface area contributed by atoms with Crippen LogP contribution in [0.15, 0.2) is 28.7 Å². The van der Waals surface area contributed by atoms with E-state index in [2.05, 4.69) is 15.2 Å². The second-order valence-electron chi connectivity index (χ2n) is 5.33. The third-order valence-electron chi connectivity index (χ3n) is 4.15. The van der Waals surface area contributed by atoms with E-state index in [-0.39, 0.29) is 0 Å². The minimum Gasteiger partial charge on any atom is -0.423 e. The zero-order chi connectivity index (χ0) is 11.9. The summed E-state index contributed by atoms with van der Waals surface area (Å²) >= 11 is 0. The Kier molecular flexibility index (Phi) is 2.30. The van der Waals surface area contributed by atoms with Gasteiger partial charge in [-0.1, -0.05) is 12.1 Å². The summed E-state index contributed by atoms with van der Waals surface area (Å²) in [6.45, 7) is 3.25. The molecule has 2 aliphatic heterocycles. The molecule has 1 aromatic carbocycles. The van der Waals surface area contributed by atoms with Gasteiger partial charge in [0.15, 0.2) is 5.58 Å². The van der Waals surface area contributed by atoms with Gasteiger partial charge in [0.25, 0.3) is 6.01 Å². The Morgan fingerprint density at radius 3 is 3.11 bits per heavy atom. The predicted octanol–water partition coefficient (Wildman–Crippen LogP) is 2.02. The largest absolute Gasteiger partial charge is 0.423 e. The molecule has 2 fully saturated rings. The van der Waals surface area contributed by atoms with Crippen molar-refractivity contribution in [3.63, 3.8) is 0 Å². The average molecular weight is 243 g/mol. The fraction of sp³-hybridized carbons (Fsp3) is 0.500. The van der Waals surface area contributed by atoms with Crippen molar-refractivity contribution in [3.05, 3.63) is 24.3 Å². The van der Waals surface area contributed by atoms with Crippen LogP contribution in [0.2, 0.25) is 0 Å². The lowest BCUT2D eigenvalue weighted by molar-refractivity contribution is 0.339. The number of hydrogen-bond acceptors (Lipinski definition) is 4. The maximum absolute atomic E-state index is 5.85. The smallest absolute Gasteiger partial charge is 0.298 e. The topological polar surface area (TPSA) is 41.3 Å². The number of rotatable bonds is 1. The molecular formula is C14H17N3O. The van der Waals surface area contributed by atoms with Crippen molar-refractivity contribution in [1.82, 2.24) is 10.3 Å². The molecule has 2 atom stereocenters. The number of fused-ring (bicyclic) bond motifs is 2. The Labute approximate surface area is 106 Å². The summed E-state index contributed by atoms with van der Waals surface area (Å²) in [6.07, 6.45) is 2.62. The van der Waals surface area contributed by atoms with Crippen LogP contribution in [0.1, 0.15) is 12.8 Å². The van der Waals surface area contributed by atoms with E-state index in [1.54, 1.807) is 0 Å². The molecule has 2 saturated heterocycles. The molecule has 0 saturated carbocycles. The van der Waals surface area contributed by atoms with Crippen molar-refractivity contribution in [3.8, 4) is 0 Å². The highest BCUT2D eigenvalue weighted by molar-refractivity contribution is 5.74. The van der Waals surface area contributed by atoms with Crippen LogP contribution in [-0.2, 0) is 0 Å². The van der Waals surface area contributed by atoms with Gasteiger partial charge in [-0.25, -0.2) is 0 Å². The Balaban J connectivity index is 1.63. The maximum atomic E-state index is 5.85. The molecule has 0 unspecified atom stereocenters. The number of aromatic nitrogens is 1. The maximum Gasteiger partial charge on any atom is 0.298 e. The van der Waals surface area contributed by atoms with Crippen LogP contribution in [0, 0.1) is 5.92 Å². The second-order valence-corrected chi connectivity index (χ2v) is 5.33. The molecule has 4 heteroatoms. The molecule has 0 aliphatic carbocycles. The molecule has 1 aromatic heterocycles. The molecule has 0 spiro atoms. The van der Waals surface area contributed by atoms with E-state index >= 15 is 0 Å². The number of hydrogen-bond donors (Lipinski definition) is 1. The van der Waals surface area contributed by atoms with Gasteiger partial charge in [-0.15, -0.1) is 0 Å². The van der Waals surface area contributed by atoms with Crippen LogP contribution in [0.5, 0.6) is 0 Å². The SMILES string of the molecule is c1ccc2oc(N3C[C@@H]4CCCN[C@@H]4C3)nc2c1. The molecular weight excluding hydrogens is 226 g/mol. The second kappa shape index (κ2) is 3.99. The Bertz CT molecular complexity index is 518. The van der Waals surface area contributed by atoms with Crippen LogP contribution < -0.4 is 10.2 Å². The first-order valence-electron chi connectivity index (χ1n) is 6.74. The van der Waals surface area contributed by atoms with Gasteiger partial charge in [0.2, 0.25) is 0 Å². The number of nitrogens with one attached hydrogen (secondary N) is 1. The lowest BCUT2D eigenvalue weighted by atomic mass is 9.94. The number of nitrogens with zero attached hydrogens (tertiary/aromatic N) is 2. The Morgan fingerprint density at radius 2 is 2.22 bits per heavy atom. The van der Waals surface area contributed by atoms with Crippen LogP contribution in [0.3, 0.4) is 0 Å². The van der Waals surface area contributed by atoms with Crippen LogP contribution in [0.4, 0.5) is 6.01 Å². The van der Waals surface area contributed by atoms with Gasteiger partial charge in [-0.05, 0) is 37.4 Å². The van der Waals surface area contributed by atoms with Crippen molar-refractivity contribution < 1.29 is 4.42 Å². The molecule has 2 aromatic rings. The lowest BCUT2D eigenvalue weighted by Crippen LogP contribution is -2.40. The lowest BCUT2D eigenvalue weighted by Gasteiger charge is -2.24. The predicted molar refractivity (Wildman–Crippen MR) is 70.7 cm³/mol. The molecule has 94 valence electrons. The summed E-state index contributed by atoms with van der Waals surface area (Å²) in [4.78, 5) is 6.87. The zero-order valence-electron chi connectivity index (χ0n) is 10.3. The van der Waals surface area contributed by atoms with E-state index in [9.17, 15) is 0 Å². The van der Waals surface area contributed by atoms with Gasteiger partial charge in [0.1, 0.15) is 5.52 Å². The minimum atomic E-state index is 0.619. The normalized spacial score (nSPS) is 27.7. The molecule has 4 rings (SSSR count). The first-order valence-corrected chi connectivity index (χ1v) is 6.74. The number of para-hydroxylation sites is 2.